The van der Waals surface area contributed by atoms with Crippen molar-refractivity contribution in [1.82, 2.24) is 0 Å². The lowest BCUT2D eigenvalue weighted by Crippen LogP contribution is -2.26. The summed E-state index contributed by atoms with van der Waals surface area (Å²) in [7, 11) is 0. The van der Waals surface area contributed by atoms with Crippen LogP contribution in [-0.4, -0.2) is 0 Å². The molecule has 0 bridgehead atoms. The first-order chi connectivity index (χ1) is 37.8. The van der Waals surface area contributed by atoms with Gasteiger partial charge in [0.15, 0.2) is 0 Å². The topological polar surface area (TPSA) is 3.24 Å². The van der Waals surface area contributed by atoms with Crippen molar-refractivity contribution in [1.29, 1.82) is 0 Å². The van der Waals surface area contributed by atoms with E-state index in [0.717, 1.165) is 0 Å². The number of anilines is 3. The lowest BCUT2D eigenvalue weighted by Gasteiger charge is -2.34. The lowest BCUT2D eigenvalue weighted by atomic mass is 9.70. The molecule has 0 saturated heterocycles. The molecule has 1 heteroatoms. The van der Waals surface area contributed by atoms with Crippen LogP contribution in [0.15, 0.2) is 273 Å². The second kappa shape index (κ2) is 14.4. The van der Waals surface area contributed by atoms with Crippen LogP contribution in [0.2, 0.25) is 0 Å². The van der Waals surface area contributed by atoms with E-state index < -0.39 is 16.2 Å². The Kier molecular flexibility index (Phi) is 7.74. The molecule has 3 spiro atoms. The fourth-order valence-electron chi connectivity index (χ4n) is 16.3. The normalized spacial score (nSPS) is 15.2. The number of fused-ring (bicyclic) bond motifs is 30. The molecular formula is C75H45N. The quantitative estimate of drug-likeness (QED) is 0.171. The van der Waals surface area contributed by atoms with Gasteiger partial charge in [0.1, 0.15) is 0 Å². The summed E-state index contributed by atoms with van der Waals surface area (Å²) in [5.74, 6) is 0. The maximum Gasteiger partial charge on any atom is 0.0726 e. The van der Waals surface area contributed by atoms with Gasteiger partial charge in [-0.3, -0.25) is 0 Å². The second-order valence-electron chi connectivity index (χ2n) is 21.6. The van der Waals surface area contributed by atoms with E-state index in [1.165, 1.54) is 151 Å². The van der Waals surface area contributed by atoms with Crippen molar-refractivity contribution in [3.05, 3.63) is 340 Å². The smallest absolute Gasteiger partial charge is 0.0726 e. The van der Waals surface area contributed by atoms with Gasteiger partial charge in [0.05, 0.1) is 33.3 Å². The zero-order valence-corrected chi connectivity index (χ0v) is 41.4. The van der Waals surface area contributed by atoms with Gasteiger partial charge >= 0.3 is 0 Å². The van der Waals surface area contributed by atoms with Crippen LogP contribution in [0.3, 0.4) is 0 Å². The van der Waals surface area contributed by atoms with E-state index in [0.29, 0.717) is 0 Å². The molecule has 0 aliphatic heterocycles. The molecular weight excluding hydrogens is 915 g/mol. The van der Waals surface area contributed by atoms with Gasteiger partial charge in [0, 0.05) is 16.7 Å². The summed E-state index contributed by atoms with van der Waals surface area (Å²) in [4.78, 5) is 2.71. The van der Waals surface area contributed by atoms with Gasteiger partial charge in [-0.2, -0.15) is 0 Å². The SMILES string of the molecule is c1ccc2c(c1)-c1ccccc1C21c2ccccc2-c2c(N(c3cccc4c3-c3ccccc3C43c4ccccc4-c4ccccc43)c3cccc4c3-c3ccccc3C43c4ccccc4-c4ccccc43)cccc21. The van der Waals surface area contributed by atoms with Crippen LogP contribution in [0.5, 0.6) is 0 Å². The zero-order chi connectivity index (χ0) is 49.5. The molecule has 350 valence electrons. The molecule has 0 unspecified atom stereocenters. The number of hydrogen-bond acceptors (Lipinski definition) is 1. The van der Waals surface area contributed by atoms with Gasteiger partial charge in [0.2, 0.25) is 0 Å². The van der Waals surface area contributed by atoms with Gasteiger partial charge in [0.25, 0.3) is 0 Å². The Balaban J connectivity index is 0.999. The Morgan fingerprint density at radius 2 is 0.329 bits per heavy atom. The number of benzene rings is 12. The minimum absolute atomic E-state index is 0.514. The van der Waals surface area contributed by atoms with Crippen LogP contribution in [0, 0.1) is 0 Å². The monoisotopic (exact) mass is 959 g/mol. The summed E-state index contributed by atoms with van der Waals surface area (Å²) >= 11 is 0. The number of rotatable bonds is 3. The van der Waals surface area contributed by atoms with E-state index >= 15 is 0 Å². The van der Waals surface area contributed by atoms with E-state index in [2.05, 4.69) is 278 Å². The minimum Gasteiger partial charge on any atom is -0.309 e. The molecule has 12 aromatic rings. The van der Waals surface area contributed by atoms with Crippen molar-refractivity contribution < 1.29 is 0 Å². The standard InChI is InChI=1S/C75H45N/c1-10-31-55-46(22-1)47-23-2-11-32-56(47)73(55)61-37-16-7-28-52(61)70-64(73)40-19-43-67(70)76(68-44-20-41-65-71(68)53-29-8-17-38-62(53)74(65)57-33-12-3-24-48(57)49-25-4-13-34-58(49)74)69-45-21-42-66-72(69)54-30-9-18-39-63(54)75(66)59-35-14-5-26-50(59)51-27-6-15-36-60(51)75/h1-45H. The first-order valence-electron chi connectivity index (χ1n) is 26.8. The van der Waals surface area contributed by atoms with Crippen LogP contribution >= 0.6 is 0 Å². The summed E-state index contributed by atoms with van der Waals surface area (Å²) in [5, 5.41) is 0. The molecule has 6 aliphatic rings. The highest BCUT2D eigenvalue weighted by atomic mass is 15.2. The molecule has 0 heterocycles. The summed E-state index contributed by atoms with van der Waals surface area (Å²) < 4.78 is 0. The largest absolute Gasteiger partial charge is 0.309 e. The van der Waals surface area contributed by atoms with Crippen molar-refractivity contribution in [2.24, 2.45) is 0 Å². The third-order valence-corrected chi connectivity index (χ3v) is 18.7. The summed E-state index contributed by atoms with van der Waals surface area (Å²) in [6.45, 7) is 0. The molecule has 0 atom stereocenters. The minimum atomic E-state index is -0.514. The van der Waals surface area contributed by atoms with Gasteiger partial charge in [-0.05, 0) is 135 Å². The molecule has 0 aromatic heterocycles. The molecule has 76 heavy (non-hydrogen) atoms. The third kappa shape index (κ3) is 4.52. The van der Waals surface area contributed by atoms with Crippen LogP contribution in [-0.2, 0) is 16.2 Å². The fraction of sp³-hybridized carbons (Fsp3) is 0.0400. The predicted octanol–water partition coefficient (Wildman–Crippen LogP) is 18.2. The highest BCUT2D eigenvalue weighted by Crippen LogP contribution is 2.70. The lowest BCUT2D eigenvalue weighted by molar-refractivity contribution is 0.792. The Morgan fingerprint density at radius 1 is 0.158 bits per heavy atom. The Labute approximate surface area is 442 Å². The third-order valence-electron chi connectivity index (χ3n) is 18.7. The van der Waals surface area contributed by atoms with Crippen molar-refractivity contribution in [3.8, 4) is 66.8 Å². The van der Waals surface area contributed by atoms with Gasteiger partial charge in [-0.15, -0.1) is 0 Å². The van der Waals surface area contributed by atoms with E-state index in [9.17, 15) is 0 Å². The van der Waals surface area contributed by atoms with E-state index in [4.69, 9.17) is 0 Å². The fourth-order valence-corrected chi connectivity index (χ4v) is 16.3. The van der Waals surface area contributed by atoms with Crippen molar-refractivity contribution >= 4 is 17.1 Å². The maximum atomic E-state index is 2.71. The molecule has 0 radical (unpaired) electrons. The highest BCUT2D eigenvalue weighted by Gasteiger charge is 2.56. The zero-order valence-electron chi connectivity index (χ0n) is 41.4. The number of hydrogen-bond donors (Lipinski definition) is 0. The van der Waals surface area contributed by atoms with Gasteiger partial charge in [-0.25, -0.2) is 0 Å². The van der Waals surface area contributed by atoms with Crippen molar-refractivity contribution in [3.63, 3.8) is 0 Å². The number of nitrogens with zero attached hydrogens (tertiary/aromatic N) is 1. The molecule has 18 rings (SSSR count). The maximum absolute atomic E-state index is 2.71. The molecule has 0 N–H and O–H groups in total. The molecule has 12 aromatic carbocycles. The molecule has 6 aliphatic carbocycles. The molecule has 0 fully saturated rings. The van der Waals surface area contributed by atoms with Crippen molar-refractivity contribution in [2.75, 3.05) is 4.90 Å². The van der Waals surface area contributed by atoms with E-state index in [-0.39, 0.29) is 0 Å². The van der Waals surface area contributed by atoms with Crippen molar-refractivity contribution in [2.45, 2.75) is 16.2 Å². The van der Waals surface area contributed by atoms with Crippen LogP contribution in [0.25, 0.3) is 66.8 Å². The highest BCUT2D eigenvalue weighted by molar-refractivity contribution is 6.09. The molecule has 0 saturated carbocycles. The molecule has 1 nitrogen and oxygen atoms in total. The van der Waals surface area contributed by atoms with Crippen LogP contribution < -0.4 is 4.90 Å². The Bertz CT molecular complexity index is 3970. The van der Waals surface area contributed by atoms with Crippen LogP contribution in [0.4, 0.5) is 17.1 Å². The van der Waals surface area contributed by atoms with E-state index in [1.54, 1.807) is 0 Å². The van der Waals surface area contributed by atoms with Gasteiger partial charge in [-0.1, -0.05) is 255 Å². The van der Waals surface area contributed by atoms with Gasteiger partial charge < -0.3 is 4.90 Å². The van der Waals surface area contributed by atoms with Crippen LogP contribution in [0.1, 0.15) is 66.8 Å². The second-order valence-corrected chi connectivity index (χ2v) is 21.6. The Morgan fingerprint density at radius 3 is 0.553 bits per heavy atom. The first-order valence-corrected chi connectivity index (χ1v) is 26.8. The average Bonchev–Trinajstić information content (AvgIpc) is 4.08. The predicted molar refractivity (Wildman–Crippen MR) is 310 cm³/mol. The Hall–Kier alpha value is -9.56. The molecule has 0 amide bonds. The summed E-state index contributed by atoms with van der Waals surface area (Å²) in [5.41, 5.74) is 33.5. The first kappa shape index (κ1) is 40.9. The summed E-state index contributed by atoms with van der Waals surface area (Å²) in [6, 6.07) is 105. The summed E-state index contributed by atoms with van der Waals surface area (Å²) in [6.07, 6.45) is 0. The van der Waals surface area contributed by atoms with E-state index in [1.807, 2.05) is 0 Å². The average molecular weight is 960 g/mol.